The molecule has 4 fully saturated rings. The smallest absolute Gasteiger partial charge is 0.250 e. The Labute approximate surface area is 149 Å². The highest BCUT2D eigenvalue weighted by atomic mass is 16.5. The minimum Gasteiger partial charge on any atom is -0.312 e. The third kappa shape index (κ3) is 4.15. The van der Waals surface area contributed by atoms with E-state index >= 15 is 0 Å². The maximum atomic E-state index is 12.1. The summed E-state index contributed by atoms with van der Waals surface area (Å²) in [5.74, 6) is 0.229. The van der Waals surface area contributed by atoms with E-state index in [1.165, 1.54) is 32.1 Å². The van der Waals surface area contributed by atoms with E-state index in [1.807, 2.05) is 5.48 Å². The van der Waals surface area contributed by atoms with Crippen LogP contribution in [-0.2, 0) is 4.79 Å². The van der Waals surface area contributed by atoms with E-state index in [-0.39, 0.29) is 24.3 Å². The molecule has 0 aromatic carbocycles. The summed E-state index contributed by atoms with van der Waals surface area (Å²) in [6.07, 6.45) is 7.52. The van der Waals surface area contributed by atoms with E-state index in [2.05, 4.69) is 26.2 Å². The van der Waals surface area contributed by atoms with Gasteiger partial charge < -0.3 is 5.32 Å². The summed E-state index contributed by atoms with van der Waals surface area (Å²) in [5.41, 5.74) is 1.83. The molecule has 0 spiro atoms. The van der Waals surface area contributed by atoms with Gasteiger partial charge in [-0.05, 0) is 44.4 Å². The fourth-order valence-electron chi connectivity index (χ4n) is 4.60. The molecule has 0 aromatic heterocycles. The van der Waals surface area contributed by atoms with Gasteiger partial charge in [-0.15, -0.1) is 0 Å². The van der Waals surface area contributed by atoms with Gasteiger partial charge >= 0.3 is 0 Å². The molecule has 1 amide bonds. The number of nitrogens with one attached hydrogen (secondary N) is 5. The lowest BCUT2D eigenvalue weighted by atomic mass is 9.95. The monoisotopic (exact) mass is 352 g/mol. The Hall–Kier alpha value is -0.770. The van der Waals surface area contributed by atoms with Crippen LogP contribution in [0.2, 0.25) is 0 Å². The molecule has 5 atom stereocenters. The molecule has 3 aliphatic heterocycles. The zero-order valence-corrected chi connectivity index (χ0v) is 14.8. The van der Waals surface area contributed by atoms with Crippen molar-refractivity contribution in [2.75, 3.05) is 26.2 Å². The number of rotatable bonds is 5. The number of carbonyl (C=O) groups is 1. The zero-order chi connectivity index (χ0) is 17.2. The average Bonchev–Trinajstić information content (AvgIpc) is 3.35. The Balaban J connectivity index is 1.35. The van der Waals surface area contributed by atoms with Crippen molar-refractivity contribution in [1.29, 1.82) is 0 Å². The summed E-state index contributed by atoms with van der Waals surface area (Å²) in [5, 5.41) is 23.4. The molecule has 1 aliphatic carbocycles. The van der Waals surface area contributed by atoms with Crippen LogP contribution in [0.15, 0.2) is 0 Å². The lowest BCUT2D eigenvalue weighted by Gasteiger charge is -2.43. The molecule has 0 radical (unpaired) electrons. The molecule has 0 bridgehead atoms. The first-order valence-corrected chi connectivity index (χ1v) is 9.91. The Morgan fingerprint density at radius 1 is 1.04 bits per heavy atom. The molecule has 25 heavy (non-hydrogen) atoms. The van der Waals surface area contributed by atoms with Crippen LogP contribution in [0.25, 0.3) is 0 Å². The van der Waals surface area contributed by atoms with Crippen LogP contribution >= 0.6 is 0 Å². The molecule has 5 unspecified atom stereocenters. The minimum atomic E-state index is -0.336. The fraction of sp³-hybridized carbons (Fsp3) is 0.941. The Morgan fingerprint density at radius 2 is 1.84 bits per heavy atom. The Morgan fingerprint density at radius 3 is 2.48 bits per heavy atom. The van der Waals surface area contributed by atoms with Gasteiger partial charge in [0.25, 0.3) is 5.91 Å². The van der Waals surface area contributed by atoms with Crippen LogP contribution in [0.3, 0.4) is 0 Å². The molecule has 6 N–H and O–H groups in total. The second-order valence-corrected chi connectivity index (χ2v) is 8.07. The third-order valence-electron chi connectivity index (χ3n) is 6.28. The van der Waals surface area contributed by atoms with Crippen molar-refractivity contribution < 1.29 is 10.0 Å². The molecule has 8 heteroatoms. The molecule has 3 saturated heterocycles. The van der Waals surface area contributed by atoms with E-state index in [0.29, 0.717) is 18.6 Å². The van der Waals surface area contributed by atoms with E-state index in [4.69, 9.17) is 5.21 Å². The first kappa shape index (κ1) is 17.6. The highest BCUT2D eigenvalue weighted by Crippen LogP contribution is 2.35. The summed E-state index contributed by atoms with van der Waals surface area (Å²) in [4.78, 5) is 14.5. The summed E-state index contributed by atoms with van der Waals surface area (Å²) >= 11 is 0. The summed E-state index contributed by atoms with van der Waals surface area (Å²) in [7, 11) is 0. The van der Waals surface area contributed by atoms with E-state index < -0.39 is 0 Å². The van der Waals surface area contributed by atoms with Crippen molar-refractivity contribution >= 4 is 5.91 Å². The average molecular weight is 352 g/mol. The predicted molar refractivity (Wildman–Crippen MR) is 93.6 cm³/mol. The SMILES string of the molecule is O=C(NO)C1CNC(N2CCCC2)NC1NC1CCC(C2CC2)NC1. The van der Waals surface area contributed by atoms with Gasteiger partial charge in [0.05, 0.1) is 12.1 Å². The standard InChI is InChI=1S/C17H32N6O2/c24-16(22-25)13-10-19-17(23-7-1-2-8-23)21-15(13)20-12-5-6-14(18-9-12)11-3-4-11/h11-15,17-21,25H,1-10H2,(H,22,24). The number of hydroxylamine groups is 1. The fourth-order valence-corrected chi connectivity index (χ4v) is 4.60. The molecule has 1 saturated carbocycles. The van der Waals surface area contributed by atoms with Crippen molar-refractivity contribution in [2.24, 2.45) is 11.8 Å². The first-order valence-electron chi connectivity index (χ1n) is 9.91. The highest BCUT2D eigenvalue weighted by molar-refractivity contribution is 5.78. The predicted octanol–water partition coefficient (Wildman–Crippen LogP) is -0.873. The quantitative estimate of drug-likeness (QED) is 0.282. The van der Waals surface area contributed by atoms with E-state index in [1.54, 1.807) is 0 Å². The van der Waals surface area contributed by atoms with Crippen molar-refractivity contribution in [3.8, 4) is 0 Å². The van der Waals surface area contributed by atoms with Crippen LogP contribution in [0.5, 0.6) is 0 Å². The lowest BCUT2D eigenvalue weighted by molar-refractivity contribution is -0.136. The molecular weight excluding hydrogens is 320 g/mol. The molecule has 4 rings (SSSR count). The molecule has 0 aromatic rings. The number of carbonyl (C=O) groups excluding carboxylic acids is 1. The van der Waals surface area contributed by atoms with Crippen molar-refractivity contribution in [3.63, 3.8) is 0 Å². The van der Waals surface area contributed by atoms with Gasteiger partial charge in [-0.1, -0.05) is 0 Å². The van der Waals surface area contributed by atoms with Gasteiger partial charge in [0, 0.05) is 38.3 Å². The first-order chi connectivity index (χ1) is 12.2. The number of piperidine rings is 1. The largest absolute Gasteiger partial charge is 0.312 e. The summed E-state index contributed by atoms with van der Waals surface area (Å²) in [6, 6.07) is 1.05. The maximum Gasteiger partial charge on any atom is 0.250 e. The van der Waals surface area contributed by atoms with Crippen molar-refractivity contribution in [1.82, 2.24) is 31.6 Å². The third-order valence-corrected chi connectivity index (χ3v) is 6.28. The van der Waals surface area contributed by atoms with Crippen LogP contribution in [-0.4, -0.2) is 66.7 Å². The normalized spacial score (nSPS) is 40.1. The second kappa shape index (κ2) is 7.85. The van der Waals surface area contributed by atoms with Crippen LogP contribution in [0, 0.1) is 11.8 Å². The van der Waals surface area contributed by atoms with Crippen molar-refractivity contribution in [3.05, 3.63) is 0 Å². The van der Waals surface area contributed by atoms with Crippen molar-refractivity contribution in [2.45, 2.75) is 63.1 Å². The van der Waals surface area contributed by atoms with Gasteiger partial charge in [0.1, 0.15) is 6.29 Å². The Bertz CT molecular complexity index is 460. The molecule has 4 aliphatic rings. The van der Waals surface area contributed by atoms with Gasteiger partial charge in [-0.3, -0.25) is 30.9 Å². The number of hydrogen-bond acceptors (Lipinski definition) is 7. The van der Waals surface area contributed by atoms with Gasteiger partial charge in [0.15, 0.2) is 0 Å². The molecule has 8 nitrogen and oxygen atoms in total. The van der Waals surface area contributed by atoms with E-state index in [9.17, 15) is 4.79 Å². The lowest BCUT2D eigenvalue weighted by Crippen LogP contribution is -2.71. The topological polar surface area (TPSA) is 101 Å². The van der Waals surface area contributed by atoms with Gasteiger partial charge in [0.2, 0.25) is 0 Å². The highest BCUT2D eigenvalue weighted by Gasteiger charge is 2.39. The molecular formula is C17H32N6O2. The Kier molecular flexibility index (Phi) is 5.54. The van der Waals surface area contributed by atoms with Crippen LogP contribution < -0.4 is 26.7 Å². The maximum absolute atomic E-state index is 12.1. The van der Waals surface area contributed by atoms with Crippen LogP contribution in [0.1, 0.15) is 38.5 Å². The van der Waals surface area contributed by atoms with Crippen LogP contribution in [0.4, 0.5) is 0 Å². The van der Waals surface area contributed by atoms with E-state index in [0.717, 1.165) is 32.0 Å². The zero-order valence-electron chi connectivity index (χ0n) is 14.8. The van der Waals surface area contributed by atoms with Gasteiger partial charge in [-0.25, -0.2) is 5.48 Å². The summed E-state index contributed by atoms with van der Waals surface area (Å²) < 4.78 is 0. The molecule has 3 heterocycles. The minimum absolute atomic E-state index is 0.0958. The number of hydrogen-bond donors (Lipinski definition) is 6. The van der Waals surface area contributed by atoms with Gasteiger partial charge in [-0.2, -0.15) is 0 Å². The summed E-state index contributed by atoms with van der Waals surface area (Å²) in [6.45, 7) is 3.68. The number of likely N-dealkylation sites (tertiary alicyclic amines) is 1. The number of amides is 1. The molecule has 142 valence electrons. The second-order valence-electron chi connectivity index (χ2n) is 8.07. The number of nitrogens with zero attached hydrogens (tertiary/aromatic N) is 1.